The second-order valence-corrected chi connectivity index (χ2v) is 8.16. The Bertz CT molecular complexity index is 567. The number of hydrogen-bond donors (Lipinski definition) is 0. The molecular weight excluding hydrogens is 326 g/mol. The van der Waals surface area contributed by atoms with E-state index < -0.39 is 0 Å². The SMILES string of the molecule is CC(C)COc1ccc(C(=O)OCC[C@@H]2CCCN3CCCC[C@H]23)cc1. The van der Waals surface area contributed by atoms with Gasteiger partial charge in [-0.3, -0.25) is 0 Å². The van der Waals surface area contributed by atoms with Crippen molar-refractivity contribution >= 4 is 5.97 Å². The molecule has 0 aromatic heterocycles. The summed E-state index contributed by atoms with van der Waals surface area (Å²) in [6.07, 6.45) is 7.56. The first kappa shape index (κ1) is 19.2. The summed E-state index contributed by atoms with van der Waals surface area (Å²) in [4.78, 5) is 14.9. The van der Waals surface area contributed by atoms with Crippen LogP contribution in [0.4, 0.5) is 0 Å². The van der Waals surface area contributed by atoms with E-state index in [1.807, 2.05) is 12.1 Å². The molecule has 26 heavy (non-hydrogen) atoms. The van der Waals surface area contributed by atoms with Crippen LogP contribution in [0.3, 0.4) is 0 Å². The topological polar surface area (TPSA) is 38.8 Å². The van der Waals surface area contributed by atoms with Crippen molar-refractivity contribution in [3.8, 4) is 5.75 Å². The lowest BCUT2D eigenvalue weighted by molar-refractivity contribution is 0.0296. The van der Waals surface area contributed by atoms with Crippen molar-refractivity contribution in [2.24, 2.45) is 11.8 Å². The molecule has 1 aromatic rings. The second-order valence-electron chi connectivity index (χ2n) is 8.16. The van der Waals surface area contributed by atoms with Gasteiger partial charge in [0.25, 0.3) is 0 Å². The largest absolute Gasteiger partial charge is 0.493 e. The minimum absolute atomic E-state index is 0.225. The fraction of sp³-hybridized carbons (Fsp3) is 0.682. The van der Waals surface area contributed by atoms with E-state index in [0.29, 0.717) is 36.7 Å². The molecular formula is C22H33NO3. The third-order valence-electron chi connectivity index (χ3n) is 5.62. The van der Waals surface area contributed by atoms with Crippen LogP contribution in [0.5, 0.6) is 5.75 Å². The summed E-state index contributed by atoms with van der Waals surface area (Å²) in [5, 5.41) is 0. The Hall–Kier alpha value is -1.55. The molecule has 0 spiro atoms. The summed E-state index contributed by atoms with van der Waals surface area (Å²) >= 11 is 0. The Morgan fingerprint density at radius 3 is 2.65 bits per heavy atom. The van der Waals surface area contributed by atoms with Gasteiger partial charge in [0.15, 0.2) is 0 Å². The highest BCUT2D eigenvalue weighted by Crippen LogP contribution is 2.32. The standard InChI is InChI=1S/C22H33NO3/c1-17(2)16-26-20-10-8-19(9-11-20)22(24)25-15-12-18-6-5-14-23-13-4-3-7-21(18)23/h8-11,17-18,21H,3-7,12-16H2,1-2H3/t18-,21+/m0/s1. The Morgan fingerprint density at radius 2 is 1.88 bits per heavy atom. The Morgan fingerprint density at radius 1 is 1.12 bits per heavy atom. The molecule has 3 rings (SSSR count). The molecule has 0 amide bonds. The van der Waals surface area contributed by atoms with Crippen LogP contribution in [-0.4, -0.2) is 43.2 Å². The normalized spacial score (nSPS) is 23.5. The second kappa shape index (κ2) is 9.40. The van der Waals surface area contributed by atoms with E-state index in [-0.39, 0.29) is 5.97 Å². The highest BCUT2D eigenvalue weighted by Gasteiger charge is 2.32. The fourth-order valence-electron chi connectivity index (χ4n) is 4.25. The van der Waals surface area contributed by atoms with Gasteiger partial charge in [0, 0.05) is 6.04 Å². The number of piperidine rings is 2. The van der Waals surface area contributed by atoms with Crippen molar-refractivity contribution in [1.29, 1.82) is 0 Å². The molecule has 0 bridgehead atoms. The molecule has 0 N–H and O–H groups in total. The Balaban J connectivity index is 1.43. The first-order valence-corrected chi connectivity index (χ1v) is 10.3. The zero-order valence-electron chi connectivity index (χ0n) is 16.3. The van der Waals surface area contributed by atoms with E-state index in [4.69, 9.17) is 9.47 Å². The first-order chi connectivity index (χ1) is 12.6. The fourth-order valence-corrected chi connectivity index (χ4v) is 4.25. The number of esters is 1. The summed E-state index contributed by atoms with van der Waals surface area (Å²) in [6.45, 7) is 7.95. The molecule has 4 heteroatoms. The highest BCUT2D eigenvalue weighted by atomic mass is 16.5. The number of carbonyl (C=O) groups excluding carboxylic acids is 1. The Kier molecular flexibility index (Phi) is 6.95. The number of nitrogens with zero attached hydrogens (tertiary/aromatic N) is 1. The van der Waals surface area contributed by atoms with Crippen molar-refractivity contribution in [2.75, 3.05) is 26.3 Å². The smallest absolute Gasteiger partial charge is 0.338 e. The maximum Gasteiger partial charge on any atom is 0.338 e. The van der Waals surface area contributed by atoms with E-state index in [2.05, 4.69) is 18.7 Å². The molecule has 0 unspecified atom stereocenters. The van der Waals surface area contributed by atoms with Crippen LogP contribution in [0.25, 0.3) is 0 Å². The predicted molar refractivity (Wildman–Crippen MR) is 104 cm³/mol. The van der Waals surface area contributed by atoms with Crippen molar-refractivity contribution in [1.82, 2.24) is 4.90 Å². The molecule has 0 radical (unpaired) electrons. The van der Waals surface area contributed by atoms with Crippen LogP contribution >= 0.6 is 0 Å². The van der Waals surface area contributed by atoms with Gasteiger partial charge in [-0.15, -0.1) is 0 Å². The highest BCUT2D eigenvalue weighted by molar-refractivity contribution is 5.89. The zero-order chi connectivity index (χ0) is 18.4. The van der Waals surface area contributed by atoms with Crippen LogP contribution in [0, 0.1) is 11.8 Å². The van der Waals surface area contributed by atoms with Gasteiger partial charge in [0.1, 0.15) is 5.75 Å². The predicted octanol–water partition coefficient (Wildman–Crippen LogP) is 4.53. The van der Waals surface area contributed by atoms with Crippen LogP contribution < -0.4 is 4.74 Å². The van der Waals surface area contributed by atoms with Crippen LogP contribution in [-0.2, 0) is 4.74 Å². The van der Waals surface area contributed by atoms with E-state index in [9.17, 15) is 4.79 Å². The summed E-state index contributed by atoms with van der Waals surface area (Å²) in [5.41, 5.74) is 0.602. The number of fused-ring (bicyclic) bond motifs is 1. The Labute approximate surface area is 157 Å². The monoisotopic (exact) mass is 359 g/mol. The van der Waals surface area contributed by atoms with Crippen molar-refractivity contribution in [3.63, 3.8) is 0 Å². The lowest BCUT2D eigenvalue weighted by atomic mass is 9.82. The van der Waals surface area contributed by atoms with Crippen molar-refractivity contribution in [3.05, 3.63) is 29.8 Å². The molecule has 1 aromatic carbocycles. The molecule has 4 nitrogen and oxygen atoms in total. The molecule has 2 atom stereocenters. The van der Waals surface area contributed by atoms with Gasteiger partial charge in [-0.2, -0.15) is 0 Å². The number of hydrogen-bond acceptors (Lipinski definition) is 4. The average molecular weight is 360 g/mol. The average Bonchev–Trinajstić information content (AvgIpc) is 2.67. The van der Waals surface area contributed by atoms with Crippen LogP contribution in [0.2, 0.25) is 0 Å². The molecule has 2 heterocycles. The van der Waals surface area contributed by atoms with Crippen molar-refractivity contribution in [2.45, 2.75) is 58.4 Å². The summed E-state index contributed by atoms with van der Waals surface area (Å²) in [5.74, 6) is 1.75. The lowest BCUT2D eigenvalue weighted by Crippen LogP contribution is -2.48. The van der Waals surface area contributed by atoms with E-state index in [1.54, 1.807) is 12.1 Å². The number of ether oxygens (including phenoxy) is 2. The third kappa shape index (κ3) is 5.23. The van der Waals surface area contributed by atoms with Gasteiger partial charge >= 0.3 is 5.97 Å². The van der Waals surface area contributed by atoms with Gasteiger partial charge in [-0.05, 0) is 81.3 Å². The van der Waals surface area contributed by atoms with Gasteiger partial charge in [-0.25, -0.2) is 4.79 Å². The van der Waals surface area contributed by atoms with Crippen LogP contribution in [0.1, 0.15) is 62.7 Å². The van der Waals surface area contributed by atoms with Gasteiger partial charge in [0.2, 0.25) is 0 Å². The number of benzene rings is 1. The van der Waals surface area contributed by atoms with E-state index in [1.165, 1.54) is 45.2 Å². The number of rotatable bonds is 7. The summed E-state index contributed by atoms with van der Waals surface area (Å²) in [6, 6.07) is 8.00. The first-order valence-electron chi connectivity index (χ1n) is 10.3. The van der Waals surface area contributed by atoms with Gasteiger partial charge < -0.3 is 14.4 Å². The number of carbonyl (C=O) groups is 1. The maximum atomic E-state index is 12.3. The van der Waals surface area contributed by atoms with Crippen LogP contribution in [0.15, 0.2) is 24.3 Å². The summed E-state index contributed by atoms with van der Waals surface area (Å²) in [7, 11) is 0. The minimum atomic E-state index is -0.225. The zero-order valence-corrected chi connectivity index (χ0v) is 16.3. The molecule has 2 saturated heterocycles. The quantitative estimate of drug-likeness (QED) is 0.670. The minimum Gasteiger partial charge on any atom is -0.493 e. The molecule has 144 valence electrons. The molecule has 2 aliphatic rings. The molecule has 0 saturated carbocycles. The van der Waals surface area contributed by atoms with E-state index >= 15 is 0 Å². The molecule has 0 aliphatic carbocycles. The van der Waals surface area contributed by atoms with Crippen molar-refractivity contribution < 1.29 is 14.3 Å². The maximum absolute atomic E-state index is 12.3. The molecule has 2 fully saturated rings. The lowest BCUT2D eigenvalue weighted by Gasteiger charge is -2.44. The summed E-state index contributed by atoms with van der Waals surface area (Å²) < 4.78 is 11.2. The van der Waals surface area contributed by atoms with E-state index in [0.717, 1.165) is 12.2 Å². The van der Waals surface area contributed by atoms with Gasteiger partial charge in [0.05, 0.1) is 18.8 Å². The van der Waals surface area contributed by atoms with Gasteiger partial charge in [-0.1, -0.05) is 20.3 Å². The third-order valence-corrected chi connectivity index (χ3v) is 5.62. The molecule has 2 aliphatic heterocycles.